The zero-order valence-corrected chi connectivity index (χ0v) is 19.7. The molecule has 2 heterocycles. The van der Waals surface area contributed by atoms with Gasteiger partial charge >= 0.3 is 0 Å². The highest BCUT2D eigenvalue weighted by atomic mass is 16.7. The van der Waals surface area contributed by atoms with Gasteiger partial charge in [-0.05, 0) is 47.7 Å². The second-order valence-corrected chi connectivity index (χ2v) is 8.69. The second kappa shape index (κ2) is 10.9. The van der Waals surface area contributed by atoms with Crippen LogP contribution in [0.3, 0.4) is 0 Å². The minimum atomic E-state index is -0.688. The summed E-state index contributed by atoms with van der Waals surface area (Å²) in [7, 11) is 4.85. The summed E-state index contributed by atoms with van der Waals surface area (Å²) < 4.78 is 21.4. The summed E-state index contributed by atoms with van der Waals surface area (Å²) in [5, 5.41) is 0. The Hall–Kier alpha value is -2.48. The maximum absolute atomic E-state index is 13.4. The number of pyridine rings is 1. The molecule has 2 atom stereocenters. The molecule has 0 radical (unpaired) electrons. The van der Waals surface area contributed by atoms with E-state index < -0.39 is 5.41 Å². The molecule has 1 amide bonds. The van der Waals surface area contributed by atoms with Gasteiger partial charge in [0.15, 0.2) is 0 Å². The first kappa shape index (κ1) is 24.2. The molecule has 7 heteroatoms. The van der Waals surface area contributed by atoms with E-state index in [2.05, 4.69) is 24.9 Å². The largest absolute Gasteiger partial charge is 0.497 e. The molecular weight excluding hydrogens is 408 g/mol. The number of aromatic nitrogens is 1. The molecule has 1 aromatic heterocycles. The number of likely N-dealkylation sites (tertiary alicyclic amines) is 1. The Bertz CT molecular complexity index is 886. The Morgan fingerprint density at radius 2 is 1.81 bits per heavy atom. The van der Waals surface area contributed by atoms with E-state index in [4.69, 9.17) is 18.9 Å². The molecule has 2 aromatic rings. The Morgan fingerprint density at radius 3 is 2.44 bits per heavy atom. The van der Waals surface area contributed by atoms with E-state index in [1.165, 1.54) is 0 Å². The van der Waals surface area contributed by atoms with Gasteiger partial charge in [-0.15, -0.1) is 0 Å². The topological polar surface area (TPSA) is 70.1 Å². The number of ether oxygens (including phenoxy) is 4. The lowest BCUT2D eigenvalue weighted by atomic mass is 9.65. The molecule has 0 saturated carbocycles. The molecule has 174 valence electrons. The highest BCUT2D eigenvalue weighted by molar-refractivity contribution is 5.90. The first-order valence-electron chi connectivity index (χ1n) is 10.9. The van der Waals surface area contributed by atoms with Crippen molar-refractivity contribution in [3.8, 4) is 16.9 Å². The first-order chi connectivity index (χ1) is 15.4. The summed E-state index contributed by atoms with van der Waals surface area (Å²) in [6, 6.07) is 12.0. The number of amides is 1. The van der Waals surface area contributed by atoms with E-state index in [1.807, 2.05) is 35.2 Å². The van der Waals surface area contributed by atoms with E-state index in [1.54, 1.807) is 27.5 Å². The van der Waals surface area contributed by atoms with Crippen LogP contribution in [0, 0.1) is 11.3 Å². The molecular formula is C25H34N2O5. The third-order valence-electron chi connectivity index (χ3n) is 5.96. The monoisotopic (exact) mass is 442 g/mol. The summed E-state index contributed by atoms with van der Waals surface area (Å²) in [6.07, 6.45) is 3.16. The standard InChI is InChI=1S/C25H34N2O5/c1-18(2)12-23-25(15-32-17-30-4,24(28)27(23)16-29-3)14-21-13-20(10-11-26-21)19-6-8-22(31-5)9-7-19/h6-11,13,18,23H,12,14-17H2,1-5H3/t23-,25+/m0/s1. The predicted molar refractivity (Wildman–Crippen MR) is 122 cm³/mol. The van der Waals surface area contributed by atoms with Crippen molar-refractivity contribution in [2.45, 2.75) is 32.7 Å². The number of benzene rings is 1. The van der Waals surface area contributed by atoms with Crippen LogP contribution >= 0.6 is 0 Å². The smallest absolute Gasteiger partial charge is 0.235 e. The van der Waals surface area contributed by atoms with Crippen LogP contribution < -0.4 is 4.74 Å². The van der Waals surface area contributed by atoms with Crippen LogP contribution in [0.2, 0.25) is 0 Å². The van der Waals surface area contributed by atoms with Gasteiger partial charge in [0.05, 0.1) is 25.2 Å². The van der Waals surface area contributed by atoms with Crippen molar-refractivity contribution in [1.82, 2.24) is 9.88 Å². The molecule has 32 heavy (non-hydrogen) atoms. The van der Waals surface area contributed by atoms with Crippen LogP contribution in [0.25, 0.3) is 11.1 Å². The van der Waals surface area contributed by atoms with Crippen molar-refractivity contribution < 1.29 is 23.7 Å². The molecule has 7 nitrogen and oxygen atoms in total. The lowest BCUT2D eigenvalue weighted by Gasteiger charge is -2.56. The first-order valence-corrected chi connectivity index (χ1v) is 10.9. The van der Waals surface area contributed by atoms with Gasteiger partial charge in [0.2, 0.25) is 5.91 Å². The number of hydrogen-bond acceptors (Lipinski definition) is 6. The van der Waals surface area contributed by atoms with Crippen molar-refractivity contribution in [3.05, 3.63) is 48.3 Å². The minimum Gasteiger partial charge on any atom is -0.497 e. The molecule has 1 aliphatic rings. The maximum Gasteiger partial charge on any atom is 0.235 e. The summed E-state index contributed by atoms with van der Waals surface area (Å²) >= 11 is 0. The van der Waals surface area contributed by atoms with Gasteiger partial charge < -0.3 is 23.8 Å². The normalized spacial score (nSPS) is 20.5. The van der Waals surface area contributed by atoms with Gasteiger partial charge in [-0.2, -0.15) is 0 Å². The van der Waals surface area contributed by atoms with E-state index in [0.29, 0.717) is 12.3 Å². The van der Waals surface area contributed by atoms with Crippen LogP contribution in [0.5, 0.6) is 5.75 Å². The van der Waals surface area contributed by atoms with Gasteiger partial charge in [-0.3, -0.25) is 9.78 Å². The molecule has 1 fully saturated rings. The van der Waals surface area contributed by atoms with Crippen molar-refractivity contribution in [2.24, 2.45) is 11.3 Å². The Kier molecular flexibility index (Phi) is 8.23. The number of nitrogens with zero attached hydrogens (tertiary/aromatic N) is 2. The van der Waals surface area contributed by atoms with E-state index in [9.17, 15) is 4.79 Å². The predicted octanol–water partition coefficient (Wildman–Crippen LogP) is 3.77. The average Bonchev–Trinajstić information content (AvgIpc) is 2.81. The fourth-order valence-electron chi connectivity index (χ4n) is 4.46. The third-order valence-corrected chi connectivity index (χ3v) is 5.96. The van der Waals surface area contributed by atoms with Gasteiger partial charge in [0, 0.05) is 32.5 Å². The summed E-state index contributed by atoms with van der Waals surface area (Å²) in [6.45, 7) is 5.04. The maximum atomic E-state index is 13.4. The zero-order chi connectivity index (χ0) is 23.1. The van der Waals surface area contributed by atoms with Crippen LogP contribution in [-0.4, -0.2) is 63.3 Å². The van der Waals surface area contributed by atoms with E-state index in [0.717, 1.165) is 29.0 Å². The van der Waals surface area contributed by atoms with Crippen LogP contribution in [0.4, 0.5) is 0 Å². The van der Waals surface area contributed by atoms with Crippen molar-refractivity contribution in [3.63, 3.8) is 0 Å². The van der Waals surface area contributed by atoms with Crippen molar-refractivity contribution >= 4 is 5.91 Å². The molecule has 1 aromatic carbocycles. The third kappa shape index (κ3) is 5.11. The summed E-state index contributed by atoms with van der Waals surface area (Å²) in [5.74, 6) is 1.28. The van der Waals surface area contributed by atoms with Crippen LogP contribution in [0.15, 0.2) is 42.6 Å². The van der Waals surface area contributed by atoms with Gasteiger partial charge in [-0.1, -0.05) is 26.0 Å². The van der Waals surface area contributed by atoms with E-state index in [-0.39, 0.29) is 32.1 Å². The van der Waals surface area contributed by atoms with Crippen molar-refractivity contribution in [2.75, 3.05) is 41.5 Å². The van der Waals surface area contributed by atoms with Crippen LogP contribution in [-0.2, 0) is 25.4 Å². The zero-order valence-electron chi connectivity index (χ0n) is 19.7. The van der Waals surface area contributed by atoms with E-state index >= 15 is 0 Å². The molecule has 0 unspecified atom stereocenters. The summed E-state index contributed by atoms with van der Waals surface area (Å²) in [4.78, 5) is 19.8. The Labute approximate surface area is 190 Å². The second-order valence-electron chi connectivity index (χ2n) is 8.69. The highest BCUT2D eigenvalue weighted by Crippen LogP contribution is 2.45. The fourth-order valence-corrected chi connectivity index (χ4v) is 4.46. The number of methoxy groups -OCH3 is 3. The van der Waals surface area contributed by atoms with Gasteiger partial charge in [-0.25, -0.2) is 0 Å². The lowest BCUT2D eigenvalue weighted by Crippen LogP contribution is -2.72. The molecule has 0 spiro atoms. The molecule has 1 aliphatic heterocycles. The Morgan fingerprint density at radius 1 is 1.06 bits per heavy atom. The molecule has 0 aliphatic carbocycles. The number of hydrogen-bond donors (Lipinski definition) is 0. The molecule has 0 bridgehead atoms. The van der Waals surface area contributed by atoms with Gasteiger partial charge in [0.25, 0.3) is 0 Å². The number of carbonyl (C=O) groups excluding carboxylic acids is 1. The Balaban J connectivity index is 1.90. The minimum absolute atomic E-state index is 0.0123. The SMILES string of the molecule is COCOC[C@@]1(Cc2cc(-c3ccc(OC)cc3)ccn2)C(=O)N(COC)[C@H]1CC(C)C. The molecule has 1 saturated heterocycles. The molecule has 0 N–H and O–H groups in total. The number of rotatable bonds is 12. The number of β-lactam (4-membered cyclic amide) rings is 1. The number of carbonyl (C=O) groups is 1. The summed E-state index contributed by atoms with van der Waals surface area (Å²) in [5.41, 5.74) is 2.29. The van der Waals surface area contributed by atoms with Crippen molar-refractivity contribution in [1.29, 1.82) is 0 Å². The highest BCUT2D eigenvalue weighted by Gasteiger charge is 2.60. The molecule has 3 rings (SSSR count). The fraction of sp³-hybridized carbons (Fsp3) is 0.520. The van der Waals surface area contributed by atoms with Gasteiger partial charge in [0.1, 0.15) is 19.3 Å². The van der Waals surface area contributed by atoms with Crippen LogP contribution in [0.1, 0.15) is 26.0 Å². The average molecular weight is 443 g/mol. The quantitative estimate of drug-likeness (QED) is 0.283. The lowest BCUT2D eigenvalue weighted by molar-refractivity contribution is -0.198.